The molecule has 2 rings (SSSR count). The zero-order valence-corrected chi connectivity index (χ0v) is 13.7. The van der Waals surface area contributed by atoms with Crippen LogP contribution >= 0.6 is 11.3 Å². The van der Waals surface area contributed by atoms with E-state index in [-0.39, 0.29) is 9.77 Å². The predicted molar refractivity (Wildman–Crippen MR) is 82.1 cm³/mol. The number of thiophene rings is 1. The lowest BCUT2D eigenvalue weighted by Gasteiger charge is -2.18. The molecule has 0 spiro atoms. The standard InChI is InChI=1S/C14H19NO4S2/c1-10-9-20-12(14(16)19-2)13(10)21(17,18)15-8-11-6-4-3-5-7-11/h3-4,9,11,15H,5-8H2,1-2H3. The van der Waals surface area contributed by atoms with Gasteiger partial charge in [0.2, 0.25) is 10.0 Å². The lowest BCUT2D eigenvalue weighted by molar-refractivity contribution is 0.0602. The molecule has 1 unspecified atom stereocenters. The maximum atomic E-state index is 12.5. The van der Waals surface area contributed by atoms with Crippen LogP contribution in [0.1, 0.15) is 34.5 Å². The minimum Gasteiger partial charge on any atom is -0.465 e. The van der Waals surface area contributed by atoms with Gasteiger partial charge >= 0.3 is 5.97 Å². The summed E-state index contributed by atoms with van der Waals surface area (Å²) in [5.41, 5.74) is 0.566. The van der Waals surface area contributed by atoms with Gasteiger partial charge < -0.3 is 4.74 Å². The summed E-state index contributed by atoms with van der Waals surface area (Å²) >= 11 is 1.09. The number of ether oxygens (including phenoxy) is 1. The number of hydrogen-bond acceptors (Lipinski definition) is 5. The third-order valence-electron chi connectivity index (χ3n) is 3.50. The average Bonchev–Trinajstić information content (AvgIpc) is 2.88. The molecule has 0 aliphatic heterocycles. The SMILES string of the molecule is COC(=O)c1scc(C)c1S(=O)(=O)NCC1CC=CCC1. The molecule has 5 nitrogen and oxygen atoms in total. The Labute approximate surface area is 129 Å². The smallest absolute Gasteiger partial charge is 0.349 e. The molecule has 116 valence electrons. The summed E-state index contributed by atoms with van der Waals surface area (Å²) < 4.78 is 32.2. The van der Waals surface area contributed by atoms with Crippen molar-refractivity contribution in [2.24, 2.45) is 5.92 Å². The topological polar surface area (TPSA) is 72.5 Å². The molecule has 21 heavy (non-hydrogen) atoms. The summed E-state index contributed by atoms with van der Waals surface area (Å²) in [5, 5.41) is 1.66. The fraction of sp³-hybridized carbons (Fsp3) is 0.500. The van der Waals surface area contributed by atoms with Gasteiger partial charge in [-0.2, -0.15) is 0 Å². The molecule has 1 aliphatic carbocycles. The largest absolute Gasteiger partial charge is 0.465 e. The second-order valence-electron chi connectivity index (χ2n) is 5.07. The third kappa shape index (κ3) is 3.72. The van der Waals surface area contributed by atoms with E-state index in [2.05, 4.69) is 21.6 Å². The summed E-state index contributed by atoms with van der Waals surface area (Å²) in [6.07, 6.45) is 7.04. The Kier molecular flexibility index (Phi) is 5.18. The molecule has 1 aromatic heterocycles. The number of hydrogen-bond donors (Lipinski definition) is 1. The molecule has 1 aromatic rings. The van der Waals surface area contributed by atoms with Crippen molar-refractivity contribution in [1.29, 1.82) is 0 Å². The van der Waals surface area contributed by atoms with Crippen LogP contribution in [-0.4, -0.2) is 28.0 Å². The summed E-state index contributed by atoms with van der Waals surface area (Å²) in [7, 11) is -2.45. The van der Waals surface area contributed by atoms with Gasteiger partial charge in [0, 0.05) is 6.54 Å². The first kappa shape index (κ1) is 16.2. The van der Waals surface area contributed by atoms with Crippen molar-refractivity contribution in [2.45, 2.75) is 31.1 Å². The molecular weight excluding hydrogens is 310 g/mol. The van der Waals surface area contributed by atoms with Crippen molar-refractivity contribution in [3.05, 3.63) is 28.0 Å². The lowest BCUT2D eigenvalue weighted by Crippen LogP contribution is -2.31. The van der Waals surface area contributed by atoms with E-state index in [4.69, 9.17) is 0 Å². The van der Waals surface area contributed by atoms with Gasteiger partial charge in [-0.15, -0.1) is 11.3 Å². The van der Waals surface area contributed by atoms with Gasteiger partial charge in [0.15, 0.2) is 0 Å². The molecule has 1 aliphatic rings. The molecule has 0 amide bonds. The van der Waals surface area contributed by atoms with Gasteiger partial charge in [-0.3, -0.25) is 0 Å². The fourth-order valence-electron chi connectivity index (χ4n) is 2.34. The van der Waals surface area contributed by atoms with Crippen LogP contribution in [0.15, 0.2) is 22.4 Å². The van der Waals surface area contributed by atoms with E-state index in [1.807, 2.05) is 0 Å². The summed E-state index contributed by atoms with van der Waals surface area (Å²) in [5.74, 6) is -0.306. The summed E-state index contributed by atoms with van der Waals surface area (Å²) in [6.45, 7) is 2.07. The number of esters is 1. The minimum absolute atomic E-state index is 0.0469. The van der Waals surface area contributed by atoms with E-state index in [1.54, 1.807) is 12.3 Å². The first-order valence-corrected chi connectivity index (χ1v) is 9.13. The second kappa shape index (κ2) is 6.72. The van der Waals surface area contributed by atoms with Crippen LogP contribution < -0.4 is 4.72 Å². The van der Waals surface area contributed by atoms with Gasteiger partial charge in [-0.1, -0.05) is 12.2 Å². The van der Waals surface area contributed by atoms with E-state index in [0.717, 1.165) is 30.6 Å². The minimum atomic E-state index is -3.70. The maximum Gasteiger partial charge on any atom is 0.349 e. The molecular formula is C14H19NO4S2. The van der Waals surface area contributed by atoms with Crippen LogP contribution in [0, 0.1) is 12.8 Å². The molecule has 0 saturated heterocycles. The number of allylic oxidation sites excluding steroid dienone is 2. The van der Waals surface area contributed by atoms with Crippen molar-refractivity contribution >= 4 is 27.3 Å². The van der Waals surface area contributed by atoms with Crippen molar-refractivity contribution < 1.29 is 17.9 Å². The normalized spacial score (nSPS) is 18.7. The zero-order chi connectivity index (χ0) is 15.5. The number of nitrogens with one attached hydrogen (secondary N) is 1. The maximum absolute atomic E-state index is 12.5. The highest BCUT2D eigenvalue weighted by Crippen LogP contribution is 2.28. The van der Waals surface area contributed by atoms with Crippen molar-refractivity contribution in [3.8, 4) is 0 Å². The average molecular weight is 329 g/mol. The van der Waals surface area contributed by atoms with Gasteiger partial charge in [0.25, 0.3) is 0 Å². The Morgan fingerprint density at radius 2 is 2.24 bits per heavy atom. The van der Waals surface area contributed by atoms with E-state index in [0.29, 0.717) is 18.0 Å². The van der Waals surface area contributed by atoms with Crippen LogP contribution in [0.3, 0.4) is 0 Å². The summed E-state index contributed by atoms with van der Waals surface area (Å²) in [6, 6.07) is 0. The molecule has 0 saturated carbocycles. The zero-order valence-electron chi connectivity index (χ0n) is 12.1. The fourth-order valence-corrected chi connectivity index (χ4v) is 5.16. The van der Waals surface area contributed by atoms with Crippen molar-refractivity contribution in [3.63, 3.8) is 0 Å². The van der Waals surface area contributed by atoms with Gasteiger partial charge in [-0.25, -0.2) is 17.9 Å². The first-order chi connectivity index (χ1) is 9.95. The Morgan fingerprint density at radius 3 is 2.86 bits per heavy atom. The molecule has 0 fully saturated rings. The molecule has 7 heteroatoms. The van der Waals surface area contributed by atoms with Crippen molar-refractivity contribution in [2.75, 3.05) is 13.7 Å². The number of aryl methyl sites for hydroxylation is 1. The molecule has 1 N–H and O–H groups in total. The molecule has 0 radical (unpaired) electrons. The Morgan fingerprint density at radius 1 is 1.48 bits per heavy atom. The molecule has 1 atom stereocenters. The van der Waals surface area contributed by atoms with E-state index in [1.165, 1.54) is 7.11 Å². The summed E-state index contributed by atoms with van der Waals surface area (Å²) in [4.78, 5) is 11.9. The van der Waals surface area contributed by atoms with Crippen LogP contribution in [0.4, 0.5) is 0 Å². The van der Waals surface area contributed by atoms with Crippen LogP contribution in [-0.2, 0) is 14.8 Å². The number of sulfonamides is 1. The Bertz CT molecular complexity index is 646. The number of carbonyl (C=O) groups is 1. The van der Waals surface area contributed by atoms with Gasteiger partial charge in [-0.05, 0) is 43.0 Å². The van der Waals surface area contributed by atoms with Gasteiger partial charge in [0.1, 0.15) is 9.77 Å². The van der Waals surface area contributed by atoms with Crippen LogP contribution in [0.5, 0.6) is 0 Å². The monoisotopic (exact) mass is 329 g/mol. The van der Waals surface area contributed by atoms with Crippen LogP contribution in [0.25, 0.3) is 0 Å². The highest BCUT2D eigenvalue weighted by atomic mass is 32.2. The highest BCUT2D eigenvalue weighted by molar-refractivity contribution is 7.89. The Balaban J connectivity index is 2.17. The van der Waals surface area contributed by atoms with Gasteiger partial charge in [0.05, 0.1) is 7.11 Å². The highest BCUT2D eigenvalue weighted by Gasteiger charge is 2.28. The van der Waals surface area contributed by atoms with E-state index in [9.17, 15) is 13.2 Å². The quantitative estimate of drug-likeness (QED) is 0.665. The third-order valence-corrected chi connectivity index (χ3v) is 6.31. The number of rotatable bonds is 5. The Hall–Kier alpha value is -1.18. The molecule has 0 aromatic carbocycles. The molecule has 1 heterocycles. The second-order valence-corrected chi connectivity index (χ2v) is 7.65. The first-order valence-electron chi connectivity index (χ1n) is 6.76. The predicted octanol–water partition coefficient (Wildman–Crippen LogP) is 2.48. The number of carbonyl (C=O) groups excluding carboxylic acids is 1. The van der Waals surface area contributed by atoms with E-state index < -0.39 is 16.0 Å². The van der Waals surface area contributed by atoms with Crippen LogP contribution in [0.2, 0.25) is 0 Å². The van der Waals surface area contributed by atoms with Crippen molar-refractivity contribution in [1.82, 2.24) is 4.72 Å². The molecule has 0 bridgehead atoms. The lowest BCUT2D eigenvalue weighted by atomic mass is 9.95. The number of methoxy groups -OCH3 is 1. The van der Waals surface area contributed by atoms with E-state index >= 15 is 0 Å².